The quantitative estimate of drug-likeness (QED) is 0.282. The Morgan fingerprint density at radius 2 is 1.92 bits per heavy atom. The molecule has 0 aliphatic carbocycles. The van der Waals surface area contributed by atoms with E-state index in [1.165, 1.54) is 16.7 Å². The molecule has 0 unspecified atom stereocenters. The lowest BCUT2D eigenvalue weighted by atomic mass is 9.84. The molecular formula is C32H38N4O3. The van der Waals surface area contributed by atoms with Gasteiger partial charge in [-0.15, -0.1) is 5.10 Å². The van der Waals surface area contributed by atoms with E-state index in [4.69, 9.17) is 9.47 Å². The van der Waals surface area contributed by atoms with Crippen molar-refractivity contribution in [3.63, 3.8) is 0 Å². The van der Waals surface area contributed by atoms with Crippen molar-refractivity contribution in [2.24, 2.45) is 7.05 Å². The summed E-state index contributed by atoms with van der Waals surface area (Å²) in [6.07, 6.45) is 0.265. The second-order valence-electron chi connectivity index (χ2n) is 11.2. The van der Waals surface area contributed by atoms with Crippen molar-refractivity contribution in [2.75, 3.05) is 13.2 Å². The third-order valence-corrected chi connectivity index (χ3v) is 7.66. The maximum Gasteiger partial charge on any atom is 0.306 e. The molecule has 204 valence electrons. The van der Waals surface area contributed by atoms with Gasteiger partial charge in [-0.1, -0.05) is 47.7 Å². The molecule has 0 saturated heterocycles. The standard InChI is InChI=1S/C32H38N4O3/c1-7-38-30(37)17-27(26-14-15-28-31(22(26)3)33-34-35(28)6)23-13-12-21(2)25(16-23)19-36-18-24-10-8-9-11-29(24)39-32(4,5)20-36/h8-16,27H,7,17-20H2,1-6H3/t27-/m1/s1. The predicted octanol–water partition coefficient (Wildman–Crippen LogP) is 5.84. The van der Waals surface area contributed by atoms with Crippen LogP contribution in [0.15, 0.2) is 54.6 Å². The minimum atomic E-state index is -0.312. The first kappa shape index (κ1) is 26.9. The van der Waals surface area contributed by atoms with Crippen LogP contribution >= 0.6 is 0 Å². The largest absolute Gasteiger partial charge is 0.486 e. The molecule has 4 aromatic rings. The molecule has 0 spiro atoms. The summed E-state index contributed by atoms with van der Waals surface area (Å²) in [5, 5.41) is 8.60. The zero-order chi connectivity index (χ0) is 27.7. The Labute approximate surface area is 230 Å². The second kappa shape index (κ2) is 10.8. The fraction of sp³-hybridized carbons (Fsp3) is 0.406. The van der Waals surface area contributed by atoms with E-state index in [0.717, 1.165) is 53.1 Å². The fourth-order valence-electron chi connectivity index (χ4n) is 5.75. The Morgan fingerprint density at radius 1 is 1.13 bits per heavy atom. The van der Waals surface area contributed by atoms with Crippen molar-refractivity contribution < 1.29 is 14.3 Å². The summed E-state index contributed by atoms with van der Waals surface area (Å²) in [6.45, 7) is 13.1. The van der Waals surface area contributed by atoms with Gasteiger partial charge in [0.1, 0.15) is 16.9 Å². The van der Waals surface area contributed by atoms with Crippen LogP contribution in [0.2, 0.25) is 0 Å². The summed E-state index contributed by atoms with van der Waals surface area (Å²) in [7, 11) is 1.89. The molecule has 0 amide bonds. The third-order valence-electron chi connectivity index (χ3n) is 7.66. The Kier molecular flexibility index (Phi) is 7.45. The summed E-state index contributed by atoms with van der Waals surface area (Å²) in [6, 6.07) is 19.0. The van der Waals surface area contributed by atoms with E-state index in [1.54, 1.807) is 4.68 Å². The van der Waals surface area contributed by atoms with Gasteiger partial charge in [0, 0.05) is 38.2 Å². The zero-order valence-electron chi connectivity index (χ0n) is 23.8. The Bertz CT molecular complexity index is 1510. The molecule has 1 aliphatic rings. The highest BCUT2D eigenvalue weighted by molar-refractivity contribution is 5.80. The normalized spacial score (nSPS) is 15.8. The van der Waals surface area contributed by atoms with Crippen molar-refractivity contribution in [3.8, 4) is 5.75 Å². The lowest BCUT2D eigenvalue weighted by molar-refractivity contribution is -0.143. The molecule has 0 N–H and O–H groups in total. The third kappa shape index (κ3) is 5.69. The van der Waals surface area contributed by atoms with Crippen LogP contribution in [-0.2, 0) is 29.7 Å². The first-order chi connectivity index (χ1) is 18.6. The van der Waals surface area contributed by atoms with Crippen molar-refractivity contribution in [3.05, 3.63) is 88.0 Å². The topological polar surface area (TPSA) is 69.5 Å². The van der Waals surface area contributed by atoms with Crippen LogP contribution in [0.4, 0.5) is 0 Å². The molecule has 1 aliphatic heterocycles. The predicted molar refractivity (Wildman–Crippen MR) is 153 cm³/mol. The average molecular weight is 527 g/mol. The Balaban J connectivity index is 1.51. The van der Waals surface area contributed by atoms with Crippen molar-refractivity contribution >= 4 is 17.0 Å². The van der Waals surface area contributed by atoms with E-state index >= 15 is 0 Å². The van der Waals surface area contributed by atoms with Gasteiger partial charge in [0.15, 0.2) is 0 Å². The molecule has 2 heterocycles. The molecular weight excluding hydrogens is 488 g/mol. The number of esters is 1. The van der Waals surface area contributed by atoms with Crippen LogP contribution < -0.4 is 4.74 Å². The average Bonchev–Trinajstić information content (AvgIpc) is 3.20. The highest BCUT2D eigenvalue weighted by atomic mass is 16.5. The molecule has 1 aromatic heterocycles. The van der Waals surface area contributed by atoms with E-state index < -0.39 is 0 Å². The molecule has 39 heavy (non-hydrogen) atoms. The number of carbonyl (C=O) groups is 1. The van der Waals surface area contributed by atoms with E-state index in [-0.39, 0.29) is 23.9 Å². The molecule has 0 saturated carbocycles. The Morgan fingerprint density at radius 3 is 2.72 bits per heavy atom. The smallest absolute Gasteiger partial charge is 0.306 e. The van der Waals surface area contributed by atoms with Gasteiger partial charge in [-0.25, -0.2) is 4.68 Å². The zero-order valence-corrected chi connectivity index (χ0v) is 23.8. The van der Waals surface area contributed by atoms with Crippen molar-refractivity contribution in [2.45, 2.75) is 65.6 Å². The van der Waals surface area contributed by atoms with Gasteiger partial charge in [-0.2, -0.15) is 0 Å². The molecule has 5 rings (SSSR count). The van der Waals surface area contributed by atoms with Crippen LogP contribution in [0.1, 0.15) is 66.5 Å². The molecule has 0 bridgehead atoms. The van der Waals surface area contributed by atoms with Gasteiger partial charge >= 0.3 is 5.97 Å². The first-order valence-electron chi connectivity index (χ1n) is 13.7. The number of ether oxygens (including phenoxy) is 2. The van der Waals surface area contributed by atoms with Crippen molar-refractivity contribution in [1.29, 1.82) is 0 Å². The van der Waals surface area contributed by atoms with Crippen LogP contribution in [0.5, 0.6) is 5.75 Å². The van der Waals surface area contributed by atoms with Gasteiger partial charge in [0.2, 0.25) is 0 Å². The van der Waals surface area contributed by atoms with Gasteiger partial charge in [-0.3, -0.25) is 9.69 Å². The number of rotatable bonds is 7. The van der Waals surface area contributed by atoms with Gasteiger partial charge in [-0.05, 0) is 74.6 Å². The maximum absolute atomic E-state index is 12.8. The number of benzene rings is 3. The summed E-state index contributed by atoms with van der Waals surface area (Å²) in [5.41, 5.74) is 8.41. The number of fused-ring (bicyclic) bond motifs is 2. The number of para-hydroxylation sites is 1. The number of hydrogen-bond acceptors (Lipinski definition) is 6. The summed E-state index contributed by atoms with van der Waals surface area (Å²) >= 11 is 0. The van der Waals surface area contributed by atoms with Gasteiger partial charge in [0.05, 0.1) is 18.5 Å². The Hall–Kier alpha value is -3.71. The van der Waals surface area contributed by atoms with E-state index in [0.29, 0.717) is 6.61 Å². The summed E-state index contributed by atoms with van der Waals surface area (Å²) in [5.74, 6) is 0.602. The van der Waals surface area contributed by atoms with Crippen LogP contribution in [0.3, 0.4) is 0 Å². The molecule has 0 radical (unpaired) electrons. The van der Waals surface area contributed by atoms with E-state index in [1.807, 2.05) is 26.1 Å². The number of hydrogen-bond donors (Lipinski definition) is 0. The molecule has 1 atom stereocenters. The van der Waals surface area contributed by atoms with Crippen LogP contribution in [0.25, 0.3) is 11.0 Å². The number of aromatic nitrogens is 3. The summed E-state index contributed by atoms with van der Waals surface area (Å²) in [4.78, 5) is 15.3. The lowest BCUT2D eigenvalue weighted by Crippen LogP contribution is -2.40. The number of nitrogens with zero attached hydrogens (tertiary/aromatic N) is 4. The lowest BCUT2D eigenvalue weighted by Gasteiger charge is -2.30. The monoisotopic (exact) mass is 526 g/mol. The minimum Gasteiger partial charge on any atom is -0.486 e. The van der Waals surface area contributed by atoms with Crippen LogP contribution in [-0.4, -0.2) is 44.6 Å². The number of carbonyl (C=O) groups excluding carboxylic acids is 1. The summed E-state index contributed by atoms with van der Waals surface area (Å²) < 4.78 is 13.6. The molecule has 7 heteroatoms. The minimum absolute atomic E-state index is 0.153. The first-order valence-corrected chi connectivity index (χ1v) is 13.7. The maximum atomic E-state index is 12.8. The SMILES string of the molecule is CCOC(=O)C[C@H](c1ccc(C)c(CN2Cc3ccccc3OC(C)(C)C2)c1)c1ccc2c(nnn2C)c1C. The van der Waals surface area contributed by atoms with E-state index in [9.17, 15) is 4.79 Å². The van der Waals surface area contributed by atoms with Crippen molar-refractivity contribution in [1.82, 2.24) is 19.9 Å². The highest BCUT2D eigenvalue weighted by Crippen LogP contribution is 2.35. The molecule has 0 fully saturated rings. The second-order valence-corrected chi connectivity index (χ2v) is 11.2. The van der Waals surface area contributed by atoms with Gasteiger partial charge in [0.25, 0.3) is 0 Å². The molecule has 7 nitrogen and oxygen atoms in total. The highest BCUT2D eigenvalue weighted by Gasteiger charge is 2.30. The molecule has 3 aromatic carbocycles. The van der Waals surface area contributed by atoms with Crippen LogP contribution in [0, 0.1) is 13.8 Å². The van der Waals surface area contributed by atoms with Gasteiger partial charge < -0.3 is 9.47 Å². The number of aryl methyl sites for hydroxylation is 3. The van der Waals surface area contributed by atoms with E-state index in [2.05, 4.69) is 85.4 Å². The fourth-order valence-corrected chi connectivity index (χ4v) is 5.75.